The molecule has 2 N–H and O–H groups in total. The summed E-state index contributed by atoms with van der Waals surface area (Å²) >= 11 is 0. The molecular weight excluding hydrogens is 359 g/mol. The summed E-state index contributed by atoms with van der Waals surface area (Å²) in [5.41, 5.74) is 2.76. The number of carbonyl (C=O) groups is 2. The number of nitrogens with one attached hydrogen (secondary N) is 2. The fourth-order valence-corrected chi connectivity index (χ4v) is 3.80. The number of halogens is 1. The second kappa shape index (κ2) is 7.72. The zero-order chi connectivity index (χ0) is 19.7. The highest BCUT2D eigenvalue weighted by molar-refractivity contribution is 5.90. The molecule has 2 aliphatic rings. The molecule has 1 fully saturated rings. The molecule has 5 nitrogen and oxygen atoms in total. The minimum atomic E-state index is -0.866. The molecule has 0 aliphatic heterocycles. The summed E-state index contributed by atoms with van der Waals surface area (Å²) in [6.07, 6.45) is 2.10. The van der Waals surface area contributed by atoms with Gasteiger partial charge in [0.15, 0.2) is 0 Å². The maximum absolute atomic E-state index is 13.3. The van der Waals surface area contributed by atoms with Gasteiger partial charge >= 0.3 is 0 Å². The van der Waals surface area contributed by atoms with Crippen LogP contribution in [0.15, 0.2) is 48.5 Å². The van der Waals surface area contributed by atoms with Crippen LogP contribution in [0.1, 0.15) is 41.7 Å². The van der Waals surface area contributed by atoms with Gasteiger partial charge in [0, 0.05) is 13.0 Å². The molecule has 4 rings (SSSR count). The molecule has 0 spiro atoms. The number of hydrogen-bond acceptors (Lipinski definition) is 3. The van der Waals surface area contributed by atoms with Gasteiger partial charge in [-0.1, -0.05) is 36.4 Å². The number of ether oxygens (including phenoxy) is 1. The lowest BCUT2D eigenvalue weighted by Gasteiger charge is -2.25. The van der Waals surface area contributed by atoms with Gasteiger partial charge in [-0.2, -0.15) is 0 Å². The zero-order valence-corrected chi connectivity index (χ0v) is 15.7. The average molecular weight is 382 g/mol. The van der Waals surface area contributed by atoms with E-state index in [-0.39, 0.29) is 35.7 Å². The molecule has 6 heteroatoms. The Morgan fingerprint density at radius 1 is 1.11 bits per heavy atom. The van der Waals surface area contributed by atoms with Crippen molar-refractivity contribution in [2.45, 2.75) is 37.5 Å². The largest absolute Gasteiger partial charge is 0.375 e. The lowest BCUT2D eigenvalue weighted by atomic mass is 10.0. The molecule has 28 heavy (non-hydrogen) atoms. The Bertz CT molecular complexity index is 880. The van der Waals surface area contributed by atoms with Gasteiger partial charge in [0.1, 0.15) is 18.0 Å². The van der Waals surface area contributed by atoms with Crippen molar-refractivity contribution in [3.05, 3.63) is 71.0 Å². The van der Waals surface area contributed by atoms with Crippen molar-refractivity contribution in [2.75, 3.05) is 7.11 Å². The number of fused-ring (bicyclic) bond motifs is 1. The maximum atomic E-state index is 13.3. The zero-order valence-electron chi connectivity index (χ0n) is 15.7. The van der Waals surface area contributed by atoms with Gasteiger partial charge in [-0.05, 0) is 48.1 Å². The van der Waals surface area contributed by atoms with E-state index in [0.29, 0.717) is 12.0 Å². The minimum Gasteiger partial charge on any atom is -0.375 e. The first-order chi connectivity index (χ1) is 13.6. The Balaban J connectivity index is 1.53. The van der Waals surface area contributed by atoms with E-state index < -0.39 is 6.04 Å². The summed E-state index contributed by atoms with van der Waals surface area (Å²) in [5.74, 6) is -0.872. The van der Waals surface area contributed by atoms with Crippen molar-refractivity contribution in [1.82, 2.24) is 10.6 Å². The van der Waals surface area contributed by atoms with Crippen LogP contribution in [0, 0.1) is 11.7 Å². The molecule has 2 aliphatic carbocycles. The van der Waals surface area contributed by atoms with Crippen LogP contribution < -0.4 is 10.6 Å². The van der Waals surface area contributed by atoms with E-state index in [2.05, 4.69) is 10.6 Å². The predicted molar refractivity (Wildman–Crippen MR) is 102 cm³/mol. The molecule has 146 valence electrons. The molecule has 3 atom stereocenters. The molecule has 3 unspecified atom stereocenters. The van der Waals surface area contributed by atoms with Crippen LogP contribution in [0.5, 0.6) is 0 Å². The topological polar surface area (TPSA) is 67.4 Å². The minimum absolute atomic E-state index is 0.0294. The molecule has 0 heterocycles. The van der Waals surface area contributed by atoms with E-state index >= 15 is 0 Å². The van der Waals surface area contributed by atoms with Crippen LogP contribution in [-0.4, -0.2) is 25.0 Å². The summed E-state index contributed by atoms with van der Waals surface area (Å²) in [7, 11) is 1.62. The first-order valence-corrected chi connectivity index (χ1v) is 9.53. The van der Waals surface area contributed by atoms with Crippen LogP contribution >= 0.6 is 0 Å². The van der Waals surface area contributed by atoms with Crippen molar-refractivity contribution in [2.24, 2.45) is 5.92 Å². The van der Waals surface area contributed by atoms with E-state index in [4.69, 9.17) is 4.74 Å². The van der Waals surface area contributed by atoms with Gasteiger partial charge in [-0.15, -0.1) is 0 Å². The second-order valence-electron chi connectivity index (χ2n) is 7.44. The highest BCUT2D eigenvalue weighted by Crippen LogP contribution is 2.34. The highest BCUT2D eigenvalue weighted by Gasteiger charge is 2.37. The second-order valence-corrected chi connectivity index (χ2v) is 7.44. The predicted octanol–water partition coefficient (Wildman–Crippen LogP) is 2.82. The molecule has 2 aromatic rings. The SMILES string of the molecule is COC1c2ccccc2CC1NC(=O)C(NC(=O)C1CC1)c1ccc(F)cc1. The lowest BCUT2D eigenvalue weighted by molar-refractivity contribution is -0.130. The van der Waals surface area contributed by atoms with Gasteiger partial charge < -0.3 is 15.4 Å². The van der Waals surface area contributed by atoms with E-state index in [9.17, 15) is 14.0 Å². The van der Waals surface area contributed by atoms with Gasteiger partial charge in [-0.3, -0.25) is 9.59 Å². The molecule has 1 saturated carbocycles. The van der Waals surface area contributed by atoms with Crippen molar-refractivity contribution < 1.29 is 18.7 Å². The smallest absolute Gasteiger partial charge is 0.247 e. The Hall–Kier alpha value is -2.73. The van der Waals surface area contributed by atoms with Crippen LogP contribution in [-0.2, 0) is 20.7 Å². The fourth-order valence-electron chi connectivity index (χ4n) is 3.80. The van der Waals surface area contributed by atoms with Gasteiger partial charge in [0.2, 0.25) is 11.8 Å². The van der Waals surface area contributed by atoms with Gasteiger partial charge in [0.05, 0.1) is 6.04 Å². The summed E-state index contributed by atoms with van der Waals surface area (Å²) in [5, 5.41) is 5.86. The number of hydrogen-bond donors (Lipinski definition) is 2. The maximum Gasteiger partial charge on any atom is 0.247 e. The Labute approximate surface area is 163 Å². The van der Waals surface area contributed by atoms with E-state index in [1.165, 1.54) is 24.3 Å². The third-order valence-corrected chi connectivity index (χ3v) is 5.45. The lowest BCUT2D eigenvalue weighted by Crippen LogP contribution is -2.46. The van der Waals surface area contributed by atoms with Crippen LogP contribution in [0.3, 0.4) is 0 Å². The molecule has 0 aromatic heterocycles. The molecule has 2 aromatic carbocycles. The molecule has 2 amide bonds. The molecule has 0 bridgehead atoms. The fraction of sp³-hybridized carbons (Fsp3) is 0.364. The quantitative estimate of drug-likeness (QED) is 0.807. The van der Waals surface area contributed by atoms with Crippen molar-refractivity contribution >= 4 is 11.8 Å². The number of carbonyl (C=O) groups excluding carboxylic acids is 2. The van der Waals surface area contributed by atoms with Gasteiger partial charge in [-0.25, -0.2) is 4.39 Å². The Morgan fingerprint density at radius 2 is 1.82 bits per heavy atom. The monoisotopic (exact) mass is 382 g/mol. The van der Waals surface area contributed by atoms with E-state index in [1.807, 2.05) is 24.3 Å². The average Bonchev–Trinajstić information content (AvgIpc) is 3.48. The molecular formula is C22H23FN2O3. The third-order valence-electron chi connectivity index (χ3n) is 5.45. The number of benzene rings is 2. The first kappa shape index (κ1) is 18.6. The molecule has 0 radical (unpaired) electrons. The van der Waals surface area contributed by atoms with Crippen LogP contribution in [0.2, 0.25) is 0 Å². The number of methoxy groups -OCH3 is 1. The van der Waals surface area contributed by atoms with Crippen LogP contribution in [0.4, 0.5) is 4.39 Å². The molecule has 0 saturated heterocycles. The Morgan fingerprint density at radius 3 is 2.50 bits per heavy atom. The standard InChI is InChI=1S/C22H23FN2O3/c1-28-20-17-5-3-2-4-15(17)12-18(20)24-22(27)19(25-21(26)14-6-7-14)13-8-10-16(23)11-9-13/h2-5,8-11,14,18-20H,6-7,12H2,1H3,(H,24,27)(H,25,26). The van der Waals surface area contributed by atoms with Crippen LogP contribution in [0.25, 0.3) is 0 Å². The number of rotatable bonds is 6. The van der Waals surface area contributed by atoms with Crippen molar-refractivity contribution in [3.8, 4) is 0 Å². The van der Waals surface area contributed by atoms with E-state index in [1.54, 1.807) is 7.11 Å². The highest BCUT2D eigenvalue weighted by atomic mass is 19.1. The summed E-state index contributed by atoms with van der Waals surface area (Å²) in [6.45, 7) is 0. The Kier molecular flexibility index (Phi) is 5.13. The summed E-state index contributed by atoms with van der Waals surface area (Å²) in [4.78, 5) is 25.4. The van der Waals surface area contributed by atoms with Crippen molar-refractivity contribution in [3.63, 3.8) is 0 Å². The summed E-state index contributed by atoms with van der Waals surface area (Å²) < 4.78 is 19.0. The number of amides is 2. The van der Waals surface area contributed by atoms with Crippen molar-refractivity contribution in [1.29, 1.82) is 0 Å². The summed E-state index contributed by atoms with van der Waals surface area (Å²) in [6, 6.07) is 12.5. The third kappa shape index (κ3) is 3.78. The van der Waals surface area contributed by atoms with E-state index in [0.717, 1.165) is 24.0 Å². The normalized spacial score (nSPS) is 21.6. The van der Waals surface area contributed by atoms with Gasteiger partial charge in [0.25, 0.3) is 0 Å². The first-order valence-electron chi connectivity index (χ1n) is 9.53.